The van der Waals surface area contributed by atoms with Crippen molar-refractivity contribution >= 4 is 11.7 Å². The van der Waals surface area contributed by atoms with Gasteiger partial charge in [-0.15, -0.1) is 0 Å². The molecular weight excluding hydrogens is 310 g/mol. The highest BCUT2D eigenvalue weighted by molar-refractivity contribution is 5.71. The van der Waals surface area contributed by atoms with Crippen molar-refractivity contribution in [1.82, 2.24) is 0 Å². The topological polar surface area (TPSA) is 38.3 Å². The molecule has 0 saturated carbocycles. The fourth-order valence-electron chi connectivity index (χ4n) is 2.33. The van der Waals surface area contributed by atoms with Gasteiger partial charge >= 0.3 is 5.97 Å². The van der Waals surface area contributed by atoms with Crippen LogP contribution in [0, 0.1) is 11.3 Å². The minimum absolute atomic E-state index is 0.0876. The highest BCUT2D eigenvalue weighted by Gasteiger charge is 2.22. The van der Waals surface area contributed by atoms with Crippen LogP contribution in [0.3, 0.4) is 0 Å². The lowest BCUT2D eigenvalue weighted by atomic mass is 9.81. The highest BCUT2D eigenvalue weighted by atomic mass is 16.5. The van der Waals surface area contributed by atoms with Gasteiger partial charge in [-0.2, -0.15) is 0 Å². The minimum atomic E-state index is -0.193. The summed E-state index contributed by atoms with van der Waals surface area (Å²) < 4.78 is 5.39. The summed E-state index contributed by atoms with van der Waals surface area (Å²) in [5.41, 5.74) is 2.11. The molecule has 0 bridgehead atoms. The van der Waals surface area contributed by atoms with Gasteiger partial charge in [0, 0.05) is 22.6 Å². The molecule has 25 heavy (non-hydrogen) atoms. The van der Waals surface area contributed by atoms with Crippen LogP contribution < -0.4 is 5.32 Å². The van der Waals surface area contributed by atoms with Crippen molar-refractivity contribution in [2.24, 2.45) is 11.3 Å². The van der Waals surface area contributed by atoms with E-state index >= 15 is 0 Å². The predicted molar refractivity (Wildman–Crippen MR) is 107 cm³/mol. The van der Waals surface area contributed by atoms with Gasteiger partial charge in [-0.25, -0.2) is 0 Å². The molecule has 0 heterocycles. The lowest BCUT2D eigenvalue weighted by molar-refractivity contribution is -0.149. The third-order valence-corrected chi connectivity index (χ3v) is 4.09. The Morgan fingerprint density at radius 3 is 2.08 bits per heavy atom. The molecular formula is C22H35NO2. The number of carbonyl (C=O) groups is 1. The van der Waals surface area contributed by atoms with Crippen molar-refractivity contribution in [3.63, 3.8) is 0 Å². The Kier molecular flexibility index (Phi) is 7.28. The number of rotatable bonds is 8. The van der Waals surface area contributed by atoms with Crippen LogP contribution in [0.2, 0.25) is 0 Å². The number of nitrogens with one attached hydrogen (secondary N) is 1. The molecule has 0 amide bonds. The maximum atomic E-state index is 11.7. The number of ether oxygens (including phenoxy) is 1. The van der Waals surface area contributed by atoms with E-state index < -0.39 is 0 Å². The quantitative estimate of drug-likeness (QED) is 0.495. The fraction of sp³-hybridized carbons (Fsp3) is 0.591. The molecule has 1 N–H and O–H groups in total. The standard InChI is InChI=1S/C22H35NO2/c1-16(2)20(24)25-15-21(5,6)13-14-22(7,8)18-9-11-19(12-10-18)23-17(3)4/h9-14,16-17,23H,15H2,1-8H3/b14-13+. The summed E-state index contributed by atoms with van der Waals surface area (Å²) in [7, 11) is 0. The van der Waals surface area contributed by atoms with E-state index in [0.717, 1.165) is 5.69 Å². The largest absolute Gasteiger partial charge is 0.465 e. The average molecular weight is 346 g/mol. The van der Waals surface area contributed by atoms with Gasteiger partial charge in [-0.3, -0.25) is 4.79 Å². The third kappa shape index (κ3) is 7.33. The molecule has 0 aliphatic heterocycles. The van der Waals surface area contributed by atoms with Crippen molar-refractivity contribution in [1.29, 1.82) is 0 Å². The van der Waals surface area contributed by atoms with Crippen molar-refractivity contribution in [3.05, 3.63) is 42.0 Å². The zero-order valence-corrected chi connectivity index (χ0v) is 17.1. The summed E-state index contributed by atoms with van der Waals surface area (Å²) in [6.07, 6.45) is 4.36. The normalized spacial score (nSPS) is 12.9. The molecule has 0 aliphatic carbocycles. The molecule has 0 fully saturated rings. The highest BCUT2D eigenvalue weighted by Crippen LogP contribution is 2.29. The maximum Gasteiger partial charge on any atom is 0.308 e. The number of allylic oxidation sites excluding steroid dienone is 1. The molecule has 140 valence electrons. The lowest BCUT2D eigenvalue weighted by Gasteiger charge is -2.26. The molecule has 0 radical (unpaired) electrons. The van der Waals surface area contributed by atoms with Crippen LogP contribution >= 0.6 is 0 Å². The molecule has 0 unspecified atom stereocenters. The summed E-state index contributed by atoms with van der Waals surface area (Å²) in [6, 6.07) is 9.01. The van der Waals surface area contributed by atoms with Crippen LogP contribution in [0.15, 0.2) is 36.4 Å². The first-order chi connectivity index (χ1) is 11.4. The number of benzene rings is 1. The van der Waals surface area contributed by atoms with E-state index in [1.165, 1.54) is 5.56 Å². The van der Waals surface area contributed by atoms with Crippen LogP contribution in [0.5, 0.6) is 0 Å². The number of hydrogen-bond acceptors (Lipinski definition) is 3. The molecule has 1 aromatic carbocycles. The van der Waals surface area contributed by atoms with E-state index in [4.69, 9.17) is 4.74 Å². The Labute approximate surface area is 153 Å². The van der Waals surface area contributed by atoms with Crippen LogP contribution in [-0.4, -0.2) is 18.6 Å². The zero-order valence-electron chi connectivity index (χ0n) is 17.1. The summed E-state index contributed by atoms with van der Waals surface area (Å²) in [5.74, 6) is -0.233. The molecule has 0 aliphatic rings. The first kappa shape index (κ1) is 21.3. The first-order valence-electron chi connectivity index (χ1n) is 9.17. The molecule has 0 atom stereocenters. The Balaban J connectivity index is 2.77. The number of esters is 1. The molecule has 1 rings (SSSR count). The van der Waals surface area contributed by atoms with Gasteiger partial charge in [-0.1, -0.05) is 65.8 Å². The molecule has 0 spiro atoms. The Morgan fingerprint density at radius 1 is 1.04 bits per heavy atom. The van der Waals surface area contributed by atoms with Gasteiger partial charge in [0.05, 0.1) is 12.5 Å². The summed E-state index contributed by atoms with van der Waals surface area (Å²) in [4.78, 5) is 11.7. The number of hydrogen-bond donors (Lipinski definition) is 1. The molecule has 1 aromatic rings. The van der Waals surface area contributed by atoms with Gasteiger partial charge < -0.3 is 10.1 Å². The SMILES string of the molecule is CC(C)Nc1ccc(C(C)(C)/C=C/C(C)(C)COC(=O)C(C)C)cc1. The van der Waals surface area contributed by atoms with Crippen LogP contribution in [0.25, 0.3) is 0 Å². The first-order valence-corrected chi connectivity index (χ1v) is 9.17. The Morgan fingerprint density at radius 2 is 1.60 bits per heavy atom. The molecule has 0 saturated heterocycles. The second kappa shape index (κ2) is 8.55. The van der Waals surface area contributed by atoms with Gasteiger partial charge in [0.2, 0.25) is 0 Å². The second-order valence-corrected chi connectivity index (χ2v) is 8.68. The van der Waals surface area contributed by atoms with Crippen LogP contribution in [0.1, 0.15) is 61.0 Å². The Bertz CT molecular complexity index is 581. The van der Waals surface area contributed by atoms with E-state index in [1.54, 1.807) is 0 Å². The third-order valence-electron chi connectivity index (χ3n) is 4.09. The van der Waals surface area contributed by atoms with E-state index in [9.17, 15) is 4.79 Å². The van der Waals surface area contributed by atoms with Crippen LogP contribution in [-0.2, 0) is 14.9 Å². The van der Waals surface area contributed by atoms with Gasteiger partial charge in [-0.05, 0) is 31.5 Å². The van der Waals surface area contributed by atoms with Crippen molar-refractivity contribution in [2.45, 2.75) is 66.8 Å². The van der Waals surface area contributed by atoms with E-state index in [-0.39, 0.29) is 22.7 Å². The second-order valence-electron chi connectivity index (χ2n) is 8.68. The summed E-state index contributed by atoms with van der Waals surface area (Å²) >= 11 is 0. The van der Waals surface area contributed by atoms with E-state index in [2.05, 4.69) is 83.3 Å². The molecule has 0 aromatic heterocycles. The van der Waals surface area contributed by atoms with Crippen molar-refractivity contribution in [3.8, 4) is 0 Å². The maximum absolute atomic E-state index is 11.7. The minimum Gasteiger partial charge on any atom is -0.465 e. The number of anilines is 1. The monoisotopic (exact) mass is 345 g/mol. The van der Waals surface area contributed by atoms with Gasteiger partial charge in [0.25, 0.3) is 0 Å². The van der Waals surface area contributed by atoms with Crippen molar-refractivity contribution < 1.29 is 9.53 Å². The lowest BCUT2D eigenvalue weighted by Crippen LogP contribution is -2.23. The van der Waals surface area contributed by atoms with E-state index in [1.807, 2.05) is 13.8 Å². The Hall–Kier alpha value is -1.77. The molecule has 3 heteroatoms. The summed E-state index contributed by atoms with van der Waals surface area (Å²) in [5, 5.41) is 3.41. The van der Waals surface area contributed by atoms with Gasteiger partial charge in [0.15, 0.2) is 0 Å². The fourth-order valence-corrected chi connectivity index (χ4v) is 2.33. The summed E-state index contributed by atoms with van der Waals surface area (Å²) in [6.45, 7) is 16.9. The number of carbonyl (C=O) groups excluding carboxylic acids is 1. The van der Waals surface area contributed by atoms with Crippen LogP contribution in [0.4, 0.5) is 5.69 Å². The van der Waals surface area contributed by atoms with E-state index in [0.29, 0.717) is 12.6 Å². The predicted octanol–water partition coefficient (Wildman–Crippen LogP) is 5.57. The molecule has 3 nitrogen and oxygen atoms in total. The smallest absolute Gasteiger partial charge is 0.308 e. The van der Waals surface area contributed by atoms with Gasteiger partial charge in [0.1, 0.15) is 0 Å². The average Bonchev–Trinajstić information content (AvgIpc) is 2.51. The van der Waals surface area contributed by atoms with Crippen molar-refractivity contribution in [2.75, 3.05) is 11.9 Å². The zero-order chi connectivity index (χ0) is 19.3.